The monoisotopic (exact) mass is 392 g/mol. The molecule has 0 aliphatic carbocycles. The number of anilines is 1. The van der Waals surface area contributed by atoms with Gasteiger partial charge in [0.25, 0.3) is 5.91 Å². The van der Waals surface area contributed by atoms with Crippen LogP contribution in [0, 0.1) is 12.7 Å². The molecule has 0 saturated carbocycles. The van der Waals surface area contributed by atoms with Gasteiger partial charge in [0.1, 0.15) is 23.1 Å². The molecule has 2 aromatic heterocycles. The molecule has 4 rings (SSSR count). The van der Waals surface area contributed by atoms with E-state index < -0.39 is 11.7 Å². The zero-order valence-electron chi connectivity index (χ0n) is 15.7. The van der Waals surface area contributed by atoms with Crippen LogP contribution in [-0.2, 0) is 0 Å². The van der Waals surface area contributed by atoms with E-state index in [-0.39, 0.29) is 5.76 Å². The van der Waals surface area contributed by atoms with E-state index in [9.17, 15) is 9.18 Å². The minimum atomic E-state index is -0.491. The van der Waals surface area contributed by atoms with Gasteiger partial charge in [0.15, 0.2) is 0 Å². The van der Waals surface area contributed by atoms with E-state index in [0.29, 0.717) is 17.1 Å². The number of benzene rings is 2. The quantitative estimate of drug-likeness (QED) is 0.549. The van der Waals surface area contributed by atoms with Crippen LogP contribution < -0.4 is 10.1 Å². The number of carbonyl (C=O) groups excluding carboxylic acids is 1. The second-order valence-corrected chi connectivity index (χ2v) is 6.32. The van der Waals surface area contributed by atoms with E-state index in [1.54, 1.807) is 42.1 Å². The minimum Gasteiger partial charge on any atom is -0.497 e. The summed E-state index contributed by atoms with van der Waals surface area (Å²) in [6.45, 7) is 1.83. The first-order valence-corrected chi connectivity index (χ1v) is 8.78. The molecule has 1 amide bonds. The van der Waals surface area contributed by atoms with Gasteiger partial charge in [0, 0.05) is 17.7 Å². The summed E-state index contributed by atoms with van der Waals surface area (Å²) < 4.78 is 25.3. The number of methoxy groups -OCH3 is 1. The van der Waals surface area contributed by atoms with E-state index in [4.69, 9.17) is 9.26 Å². The molecule has 0 radical (unpaired) electrons. The molecular weight excluding hydrogens is 375 g/mol. The molecule has 0 atom stereocenters. The lowest BCUT2D eigenvalue weighted by Crippen LogP contribution is -2.14. The average Bonchev–Trinajstić information content (AvgIpc) is 3.35. The Bertz CT molecular complexity index is 1160. The Labute approximate surface area is 165 Å². The predicted molar refractivity (Wildman–Crippen MR) is 105 cm³/mol. The number of nitrogens with zero attached hydrogens (tertiary/aromatic N) is 3. The summed E-state index contributed by atoms with van der Waals surface area (Å²) >= 11 is 0. The topological polar surface area (TPSA) is 82.2 Å². The third kappa shape index (κ3) is 3.86. The van der Waals surface area contributed by atoms with E-state index in [1.807, 2.05) is 19.1 Å². The SMILES string of the molecule is COc1ccc(-n2nc(C)cc2NC(=O)c2cc(-c3cccc(F)c3)no2)cc1. The summed E-state index contributed by atoms with van der Waals surface area (Å²) in [5.41, 5.74) is 2.38. The summed E-state index contributed by atoms with van der Waals surface area (Å²) in [5.74, 6) is 0.311. The smallest absolute Gasteiger partial charge is 0.295 e. The number of carbonyl (C=O) groups is 1. The molecule has 7 nitrogen and oxygen atoms in total. The predicted octanol–water partition coefficient (Wildman–Crippen LogP) is 4.24. The minimum absolute atomic E-state index is 0.00407. The molecular formula is C21H17FN4O3. The van der Waals surface area contributed by atoms with Crippen LogP contribution in [0.1, 0.15) is 16.2 Å². The first-order chi connectivity index (χ1) is 14.0. The fourth-order valence-electron chi connectivity index (χ4n) is 2.85. The molecule has 29 heavy (non-hydrogen) atoms. The Morgan fingerprint density at radius 2 is 1.93 bits per heavy atom. The molecule has 0 saturated heterocycles. The Morgan fingerprint density at radius 1 is 1.14 bits per heavy atom. The van der Waals surface area contributed by atoms with Crippen LogP contribution in [0.15, 0.2) is 65.2 Å². The molecule has 0 unspecified atom stereocenters. The highest BCUT2D eigenvalue weighted by atomic mass is 19.1. The van der Waals surface area contributed by atoms with Crippen LogP contribution in [0.4, 0.5) is 10.2 Å². The molecule has 146 valence electrons. The van der Waals surface area contributed by atoms with Crippen molar-refractivity contribution in [1.29, 1.82) is 0 Å². The fourth-order valence-corrected chi connectivity index (χ4v) is 2.85. The van der Waals surface area contributed by atoms with Crippen LogP contribution in [0.2, 0.25) is 0 Å². The van der Waals surface area contributed by atoms with Gasteiger partial charge in [-0.3, -0.25) is 4.79 Å². The summed E-state index contributed by atoms with van der Waals surface area (Å²) in [4.78, 5) is 12.6. The highest BCUT2D eigenvalue weighted by Crippen LogP contribution is 2.23. The van der Waals surface area contributed by atoms with Crippen molar-refractivity contribution in [1.82, 2.24) is 14.9 Å². The standard InChI is InChI=1S/C21H17FN4O3/c1-13-10-20(26(24-13)16-6-8-17(28-2)9-7-16)23-21(27)19-12-18(25-29-19)14-4-3-5-15(22)11-14/h3-12H,1-2H3,(H,23,27). The fraction of sp³-hybridized carbons (Fsp3) is 0.0952. The molecule has 0 spiro atoms. The summed E-state index contributed by atoms with van der Waals surface area (Å²) in [7, 11) is 1.59. The number of halogens is 1. The van der Waals surface area contributed by atoms with E-state index in [2.05, 4.69) is 15.6 Å². The average molecular weight is 392 g/mol. The molecule has 1 N–H and O–H groups in total. The van der Waals surface area contributed by atoms with Crippen molar-refractivity contribution in [2.75, 3.05) is 12.4 Å². The maximum absolute atomic E-state index is 13.4. The largest absolute Gasteiger partial charge is 0.497 e. The lowest BCUT2D eigenvalue weighted by Gasteiger charge is -2.08. The van der Waals surface area contributed by atoms with Gasteiger partial charge in [-0.2, -0.15) is 5.10 Å². The Morgan fingerprint density at radius 3 is 2.66 bits per heavy atom. The highest BCUT2D eigenvalue weighted by molar-refractivity contribution is 6.02. The van der Waals surface area contributed by atoms with E-state index in [1.165, 1.54) is 18.2 Å². The van der Waals surface area contributed by atoms with E-state index >= 15 is 0 Å². The number of hydrogen-bond acceptors (Lipinski definition) is 5. The first-order valence-electron chi connectivity index (χ1n) is 8.78. The van der Waals surface area contributed by atoms with Crippen LogP contribution in [0.25, 0.3) is 16.9 Å². The zero-order chi connectivity index (χ0) is 20.4. The van der Waals surface area contributed by atoms with Gasteiger partial charge in [0.05, 0.1) is 18.5 Å². The first kappa shape index (κ1) is 18.4. The summed E-state index contributed by atoms with van der Waals surface area (Å²) in [5, 5.41) is 11.0. The summed E-state index contributed by atoms with van der Waals surface area (Å²) in [6.07, 6.45) is 0. The molecule has 4 aromatic rings. The number of aryl methyl sites for hydroxylation is 1. The molecule has 8 heteroatoms. The molecule has 2 heterocycles. The van der Waals surface area contributed by atoms with Gasteiger partial charge < -0.3 is 14.6 Å². The second kappa shape index (κ2) is 7.59. The van der Waals surface area contributed by atoms with Gasteiger partial charge in [-0.25, -0.2) is 9.07 Å². The number of rotatable bonds is 5. The molecule has 0 aliphatic heterocycles. The number of amides is 1. The van der Waals surface area contributed by atoms with Crippen LogP contribution in [-0.4, -0.2) is 28.0 Å². The van der Waals surface area contributed by atoms with Crippen LogP contribution in [0.3, 0.4) is 0 Å². The number of nitrogens with one attached hydrogen (secondary N) is 1. The van der Waals surface area contributed by atoms with Crippen molar-refractivity contribution in [2.24, 2.45) is 0 Å². The number of hydrogen-bond donors (Lipinski definition) is 1. The molecule has 0 fully saturated rings. The van der Waals surface area contributed by atoms with Crippen molar-refractivity contribution in [3.8, 4) is 22.7 Å². The highest BCUT2D eigenvalue weighted by Gasteiger charge is 2.17. The maximum Gasteiger partial charge on any atom is 0.295 e. The summed E-state index contributed by atoms with van der Waals surface area (Å²) in [6, 6.07) is 16.4. The lowest BCUT2D eigenvalue weighted by atomic mass is 10.1. The normalized spacial score (nSPS) is 10.7. The number of ether oxygens (including phenoxy) is 1. The van der Waals surface area contributed by atoms with Gasteiger partial charge in [-0.15, -0.1) is 0 Å². The van der Waals surface area contributed by atoms with Gasteiger partial charge in [-0.1, -0.05) is 17.3 Å². The van der Waals surface area contributed by atoms with Gasteiger partial charge >= 0.3 is 0 Å². The van der Waals surface area contributed by atoms with Crippen molar-refractivity contribution < 1.29 is 18.4 Å². The Hall–Kier alpha value is -3.94. The Balaban J connectivity index is 1.58. The van der Waals surface area contributed by atoms with Crippen molar-refractivity contribution in [3.63, 3.8) is 0 Å². The Kier molecular flexibility index (Phi) is 4.82. The van der Waals surface area contributed by atoms with Crippen molar-refractivity contribution in [3.05, 3.63) is 77.9 Å². The van der Waals surface area contributed by atoms with Gasteiger partial charge in [0.2, 0.25) is 5.76 Å². The maximum atomic E-state index is 13.4. The zero-order valence-corrected chi connectivity index (χ0v) is 15.7. The van der Waals surface area contributed by atoms with E-state index in [0.717, 1.165) is 17.1 Å². The van der Waals surface area contributed by atoms with Crippen molar-refractivity contribution in [2.45, 2.75) is 6.92 Å². The lowest BCUT2D eigenvalue weighted by molar-refractivity contribution is 0.0987. The third-order valence-corrected chi connectivity index (χ3v) is 4.24. The van der Waals surface area contributed by atoms with Crippen LogP contribution in [0.5, 0.6) is 5.75 Å². The molecule has 0 bridgehead atoms. The van der Waals surface area contributed by atoms with Gasteiger partial charge in [-0.05, 0) is 43.3 Å². The van der Waals surface area contributed by atoms with Crippen molar-refractivity contribution >= 4 is 11.7 Å². The molecule has 0 aliphatic rings. The third-order valence-electron chi connectivity index (χ3n) is 4.24. The second-order valence-electron chi connectivity index (χ2n) is 6.32. The van der Waals surface area contributed by atoms with Crippen LogP contribution >= 0.6 is 0 Å². The molecule has 2 aromatic carbocycles. The number of aromatic nitrogens is 3.